The topological polar surface area (TPSA) is 69.6 Å². The molecule has 108 valence electrons. The highest BCUT2D eigenvalue weighted by Crippen LogP contribution is 2.45. The van der Waals surface area contributed by atoms with Crippen LogP contribution in [0.2, 0.25) is 5.02 Å². The van der Waals surface area contributed by atoms with Crippen LogP contribution in [0.5, 0.6) is 0 Å². The van der Waals surface area contributed by atoms with Crippen molar-refractivity contribution in [2.75, 3.05) is 13.6 Å². The molecular formula is C14H17ClN2O3. The van der Waals surface area contributed by atoms with Crippen molar-refractivity contribution >= 4 is 23.6 Å². The van der Waals surface area contributed by atoms with Crippen LogP contribution in [0.4, 0.5) is 4.79 Å². The van der Waals surface area contributed by atoms with Gasteiger partial charge in [0.2, 0.25) is 0 Å². The van der Waals surface area contributed by atoms with Crippen molar-refractivity contribution < 1.29 is 14.7 Å². The first-order chi connectivity index (χ1) is 9.43. The molecule has 0 spiro atoms. The maximum absolute atomic E-state index is 11.9. The van der Waals surface area contributed by atoms with Crippen LogP contribution in [0.3, 0.4) is 0 Å². The molecule has 0 radical (unpaired) electrons. The molecule has 0 unspecified atom stereocenters. The Hall–Kier alpha value is -1.75. The Morgan fingerprint density at radius 3 is 2.45 bits per heavy atom. The third-order valence-corrected chi connectivity index (χ3v) is 3.82. The minimum Gasteiger partial charge on any atom is -0.481 e. The minimum atomic E-state index is -0.835. The Balaban J connectivity index is 1.83. The lowest BCUT2D eigenvalue weighted by Gasteiger charge is -2.19. The van der Waals surface area contributed by atoms with Crippen molar-refractivity contribution in [1.82, 2.24) is 10.2 Å². The summed E-state index contributed by atoms with van der Waals surface area (Å²) >= 11 is 5.80. The first-order valence-corrected chi connectivity index (χ1v) is 6.77. The fraction of sp³-hybridized carbons (Fsp3) is 0.429. The number of carboxylic acid groups (broad SMARTS) is 1. The molecule has 1 aliphatic rings. The molecule has 2 amide bonds. The second-order valence-electron chi connectivity index (χ2n) is 5.23. The highest BCUT2D eigenvalue weighted by molar-refractivity contribution is 6.30. The number of amides is 2. The van der Waals surface area contributed by atoms with E-state index in [4.69, 9.17) is 16.7 Å². The molecule has 5 nitrogen and oxygen atoms in total. The predicted molar refractivity (Wildman–Crippen MR) is 75.6 cm³/mol. The van der Waals surface area contributed by atoms with E-state index in [2.05, 4.69) is 5.32 Å². The Morgan fingerprint density at radius 1 is 1.35 bits per heavy atom. The summed E-state index contributed by atoms with van der Waals surface area (Å²) in [5.41, 5.74) is 0.225. The summed E-state index contributed by atoms with van der Waals surface area (Å²) in [6.07, 6.45) is 1.26. The molecule has 0 bridgehead atoms. The number of carboxylic acids is 1. The standard InChI is InChI=1S/C14H17ClN2O3/c1-17(8-10-2-4-11(15)5-3-10)13(20)16-9-14(6-7-14)12(18)19/h2-5H,6-9H2,1H3,(H,16,20)(H,18,19). The number of hydrogen-bond acceptors (Lipinski definition) is 2. The summed E-state index contributed by atoms with van der Waals surface area (Å²) in [5, 5.41) is 12.4. The summed E-state index contributed by atoms with van der Waals surface area (Å²) in [6.45, 7) is 0.634. The molecule has 1 saturated carbocycles. The summed E-state index contributed by atoms with van der Waals surface area (Å²) in [5.74, 6) is -0.835. The lowest BCUT2D eigenvalue weighted by molar-refractivity contribution is -0.143. The van der Waals surface area contributed by atoms with Gasteiger partial charge < -0.3 is 15.3 Å². The van der Waals surface area contributed by atoms with Gasteiger partial charge in [-0.1, -0.05) is 23.7 Å². The third-order valence-electron chi connectivity index (χ3n) is 3.56. The van der Waals surface area contributed by atoms with Crippen LogP contribution in [-0.2, 0) is 11.3 Å². The molecule has 1 fully saturated rings. The average molecular weight is 297 g/mol. The van der Waals surface area contributed by atoms with Crippen LogP contribution in [0.15, 0.2) is 24.3 Å². The Labute approximate surface area is 122 Å². The number of urea groups is 1. The minimum absolute atomic E-state index is 0.187. The number of halogens is 1. The number of carbonyl (C=O) groups is 2. The van der Waals surface area contributed by atoms with E-state index in [1.165, 1.54) is 4.90 Å². The smallest absolute Gasteiger partial charge is 0.317 e. The zero-order valence-electron chi connectivity index (χ0n) is 11.2. The largest absolute Gasteiger partial charge is 0.481 e. The number of carbonyl (C=O) groups excluding carboxylic acids is 1. The maximum Gasteiger partial charge on any atom is 0.317 e. The molecule has 2 rings (SSSR count). The van der Waals surface area contributed by atoms with E-state index >= 15 is 0 Å². The number of benzene rings is 1. The highest BCUT2D eigenvalue weighted by Gasteiger charge is 2.50. The van der Waals surface area contributed by atoms with Crippen molar-refractivity contribution in [3.8, 4) is 0 Å². The Morgan fingerprint density at radius 2 is 1.95 bits per heavy atom. The van der Waals surface area contributed by atoms with Gasteiger partial charge in [0, 0.05) is 25.2 Å². The van der Waals surface area contributed by atoms with Gasteiger partial charge >= 0.3 is 12.0 Å². The first-order valence-electron chi connectivity index (χ1n) is 6.40. The van der Waals surface area contributed by atoms with Crippen LogP contribution in [0.1, 0.15) is 18.4 Å². The average Bonchev–Trinajstić information content (AvgIpc) is 3.20. The van der Waals surface area contributed by atoms with Gasteiger partial charge in [-0.2, -0.15) is 0 Å². The number of nitrogens with zero attached hydrogens (tertiary/aromatic N) is 1. The molecule has 0 atom stereocenters. The first kappa shape index (κ1) is 14.7. The van der Waals surface area contributed by atoms with Crippen molar-refractivity contribution in [3.05, 3.63) is 34.9 Å². The Kier molecular flexibility index (Phi) is 4.18. The van der Waals surface area contributed by atoms with Crippen molar-refractivity contribution in [1.29, 1.82) is 0 Å². The van der Waals surface area contributed by atoms with E-state index in [0.29, 0.717) is 24.4 Å². The van der Waals surface area contributed by atoms with E-state index in [9.17, 15) is 9.59 Å². The van der Waals surface area contributed by atoms with Gasteiger partial charge in [-0.15, -0.1) is 0 Å². The quantitative estimate of drug-likeness (QED) is 0.876. The summed E-state index contributed by atoms with van der Waals surface area (Å²) < 4.78 is 0. The van der Waals surface area contributed by atoms with Gasteiger partial charge in [0.15, 0.2) is 0 Å². The number of rotatable bonds is 5. The summed E-state index contributed by atoms with van der Waals surface area (Å²) in [6, 6.07) is 6.98. The third kappa shape index (κ3) is 3.42. The molecular weight excluding hydrogens is 280 g/mol. The number of hydrogen-bond donors (Lipinski definition) is 2. The van der Waals surface area contributed by atoms with Crippen molar-refractivity contribution in [2.24, 2.45) is 5.41 Å². The van der Waals surface area contributed by atoms with Crippen molar-refractivity contribution in [2.45, 2.75) is 19.4 Å². The molecule has 1 aromatic rings. The van der Waals surface area contributed by atoms with Gasteiger partial charge in [0.05, 0.1) is 5.41 Å². The molecule has 2 N–H and O–H groups in total. The van der Waals surface area contributed by atoms with E-state index in [-0.39, 0.29) is 12.6 Å². The van der Waals surface area contributed by atoms with E-state index in [1.807, 2.05) is 12.1 Å². The zero-order valence-corrected chi connectivity index (χ0v) is 12.0. The second-order valence-corrected chi connectivity index (χ2v) is 5.66. The molecule has 0 aromatic heterocycles. The maximum atomic E-state index is 11.9. The van der Waals surface area contributed by atoms with Crippen LogP contribution in [-0.4, -0.2) is 35.6 Å². The monoisotopic (exact) mass is 296 g/mol. The van der Waals surface area contributed by atoms with Gasteiger partial charge in [0.1, 0.15) is 0 Å². The van der Waals surface area contributed by atoms with E-state index in [1.54, 1.807) is 19.2 Å². The van der Waals surface area contributed by atoms with Crippen LogP contribution in [0.25, 0.3) is 0 Å². The number of aliphatic carboxylic acids is 1. The second kappa shape index (κ2) is 5.71. The molecule has 1 aromatic carbocycles. The fourth-order valence-electron chi connectivity index (χ4n) is 1.93. The van der Waals surface area contributed by atoms with E-state index < -0.39 is 11.4 Å². The molecule has 0 saturated heterocycles. The molecule has 6 heteroatoms. The SMILES string of the molecule is CN(Cc1ccc(Cl)cc1)C(=O)NCC1(C(=O)O)CC1. The van der Waals surface area contributed by atoms with Gasteiger partial charge in [-0.3, -0.25) is 4.79 Å². The van der Waals surface area contributed by atoms with Gasteiger partial charge in [-0.25, -0.2) is 4.79 Å². The van der Waals surface area contributed by atoms with Gasteiger partial charge in [-0.05, 0) is 30.5 Å². The molecule has 20 heavy (non-hydrogen) atoms. The molecule has 0 heterocycles. The van der Waals surface area contributed by atoms with Gasteiger partial charge in [0.25, 0.3) is 0 Å². The number of nitrogens with one attached hydrogen (secondary N) is 1. The van der Waals surface area contributed by atoms with E-state index in [0.717, 1.165) is 5.56 Å². The van der Waals surface area contributed by atoms with Crippen LogP contribution >= 0.6 is 11.6 Å². The fourth-order valence-corrected chi connectivity index (χ4v) is 2.06. The summed E-state index contributed by atoms with van der Waals surface area (Å²) in [4.78, 5) is 24.4. The van der Waals surface area contributed by atoms with Crippen LogP contribution in [0, 0.1) is 5.41 Å². The predicted octanol–water partition coefficient (Wildman–Crippen LogP) is 2.35. The summed E-state index contributed by atoms with van der Waals surface area (Å²) in [7, 11) is 1.67. The van der Waals surface area contributed by atoms with Crippen molar-refractivity contribution in [3.63, 3.8) is 0 Å². The highest BCUT2D eigenvalue weighted by atomic mass is 35.5. The van der Waals surface area contributed by atoms with Crippen LogP contribution < -0.4 is 5.32 Å². The Bertz CT molecular complexity index is 512. The molecule has 0 aliphatic heterocycles. The lowest BCUT2D eigenvalue weighted by atomic mass is 10.1. The zero-order chi connectivity index (χ0) is 14.8. The normalized spacial score (nSPS) is 15.5. The molecule has 1 aliphatic carbocycles. The lowest BCUT2D eigenvalue weighted by Crippen LogP contribution is -2.41.